The number of amides is 2. The van der Waals surface area contributed by atoms with Gasteiger partial charge in [0.15, 0.2) is 0 Å². The molecule has 4 aliphatic heterocycles. The molecule has 4 aromatic rings. The fourth-order valence-electron chi connectivity index (χ4n) is 10.0. The summed E-state index contributed by atoms with van der Waals surface area (Å²) in [6.45, 7) is 26.3. The number of nitrogens with zero attached hydrogens (tertiary/aromatic N) is 8. The average molecular weight is 1070 g/mol. The van der Waals surface area contributed by atoms with Crippen LogP contribution in [0, 0.1) is 39.3 Å². The van der Waals surface area contributed by atoms with Gasteiger partial charge in [0.2, 0.25) is 11.8 Å². The predicted molar refractivity (Wildman–Crippen MR) is 292 cm³/mol. The highest BCUT2D eigenvalue weighted by molar-refractivity contribution is 5.92. The molecule has 8 rings (SSSR count). The summed E-state index contributed by atoms with van der Waals surface area (Å²) in [5, 5.41) is 33.7. The minimum absolute atomic E-state index is 0.00413. The maximum atomic E-state index is 13.7. The van der Waals surface area contributed by atoms with Crippen molar-refractivity contribution in [3.05, 3.63) is 69.4 Å². The molecule has 4 saturated heterocycles. The van der Waals surface area contributed by atoms with Gasteiger partial charge in [-0.2, -0.15) is 20.5 Å². The van der Waals surface area contributed by atoms with Gasteiger partial charge in [-0.25, -0.2) is 14.0 Å². The number of para-hydroxylation sites is 1. The molecule has 4 aliphatic rings. The molecule has 2 amide bonds. The van der Waals surface area contributed by atoms with Crippen molar-refractivity contribution in [3.63, 3.8) is 0 Å². The number of fused-ring (bicyclic) bond motifs is 2. The van der Waals surface area contributed by atoms with Crippen LogP contribution in [-0.2, 0) is 19.1 Å². The van der Waals surface area contributed by atoms with Crippen LogP contribution in [0.5, 0.6) is 0 Å². The van der Waals surface area contributed by atoms with Crippen LogP contribution in [0.1, 0.15) is 92.9 Å². The molecule has 0 aliphatic carbocycles. The van der Waals surface area contributed by atoms with Crippen molar-refractivity contribution in [2.45, 2.75) is 116 Å². The van der Waals surface area contributed by atoms with Crippen molar-refractivity contribution in [1.29, 1.82) is 10.5 Å². The quantitative estimate of drug-likeness (QED) is 0.0982. The third-order valence-corrected chi connectivity index (χ3v) is 15.0. The van der Waals surface area contributed by atoms with Gasteiger partial charge in [0.1, 0.15) is 51.8 Å². The Kier molecular flexibility index (Phi) is 20.2. The summed E-state index contributed by atoms with van der Waals surface area (Å²) in [7, 11) is 0. The first-order valence-corrected chi connectivity index (χ1v) is 27.3. The third-order valence-electron chi connectivity index (χ3n) is 15.0. The molecule has 0 radical (unpaired) electrons. The number of anilines is 2. The number of hydrogen-bond acceptors (Lipinski definition) is 18. The summed E-state index contributed by atoms with van der Waals surface area (Å²) in [6, 6.07) is 14.3. The highest BCUT2D eigenvalue weighted by atomic mass is 19.1. The fourth-order valence-corrected chi connectivity index (χ4v) is 10.0. The normalized spacial score (nSPS) is 19.4. The SMILES string of the molecule is CC(C)(C)CCC(Nc1nc(=O)oc2cc(F)ccc12)C(=O)NC1(C#N)CCN(CCN2CCOCC2)CC1.CC(C)(C)CCC(Nc1nc(=O)oc2ccccc12)C(=O)NC1(C#N)CCN(CCN2CCOCC2)CC1. The molecular formula is C56H79FN12O8. The maximum Gasteiger partial charge on any atom is 0.441 e. The van der Waals surface area contributed by atoms with Crippen molar-refractivity contribution >= 4 is 45.4 Å². The Morgan fingerprint density at radius 1 is 0.610 bits per heavy atom. The number of carbonyl (C=O) groups excluding carboxylic acids is 2. The van der Waals surface area contributed by atoms with E-state index in [4.69, 9.17) is 18.3 Å². The fraction of sp³-hybridized carbons (Fsp3) is 0.643. The zero-order valence-corrected chi connectivity index (χ0v) is 45.9. The van der Waals surface area contributed by atoms with Gasteiger partial charge in [0, 0.05) is 84.6 Å². The number of nitrogens with one attached hydrogen (secondary N) is 4. The molecule has 4 fully saturated rings. The van der Waals surface area contributed by atoms with Crippen molar-refractivity contribution < 1.29 is 32.3 Å². The number of piperidine rings is 2. The molecule has 2 atom stereocenters. The maximum absolute atomic E-state index is 13.7. The molecule has 0 bridgehead atoms. The first-order chi connectivity index (χ1) is 36.7. The average Bonchev–Trinajstić information content (AvgIpc) is 3.40. The summed E-state index contributed by atoms with van der Waals surface area (Å²) in [5.41, 5.74) is -1.48. The molecule has 77 heavy (non-hydrogen) atoms. The molecule has 0 spiro atoms. The molecule has 6 heterocycles. The summed E-state index contributed by atoms with van der Waals surface area (Å²) < 4.78 is 34.9. The van der Waals surface area contributed by atoms with Crippen molar-refractivity contribution in [2.24, 2.45) is 10.8 Å². The van der Waals surface area contributed by atoms with E-state index in [2.05, 4.69) is 105 Å². The van der Waals surface area contributed by atoms with E-state index in [1.165, 1.54) is 12.1 Å². The van der Waals surface area contributed by atoms with Crippen LogP contribution in [0.15, 0.2) is 60.9 Å². The molecule has 2 aromatic carbocycles. The van der Waals surface area contributed by atoms with Crippen LogP contribution >= 0.6 is 0 Å². The number of morpholine rings is 2. The summed E-state index contributed by atoms with van der Waals surface area (Å²) in [5.74, 6) is -2.27. The lowest BCUT2D eigenvalue weighted by molar-refractivity contribution is -0.124. The first kappa shape index (κ1) is 58.6. The van der Waals surface area contributed by atoms with E-state index in [-0.39, 0.29) is 34.0 Å². The number of ether oxygens (including phenoxy) is 2. The van der Waals surface area contributed by atoms with Crippen molar-refractivity contribution in [3.8, 4) is 12.1 Å². The second-order valence-electron chi connectivity index (χ2n) is 23.3. The monoisotopic (exact) mass is 1070 g/mol. The molecule has 20 nitrogen and oxygen atoms in total. The minimum Gasteiger partial charge on any atom is -0.408 e. The number of hydrogen-bond donors (Lipinski definition) is 4. The van der Waals surface area contributed by atoms with Gasteiger partial charge >= 0.3 is 11.5 Å². The summed E-state index contributed by atoms with van der Waals surface area (Å²) >= 11 is 0. The highest BCUT2D eigenvalue weighted by Crippen LogP contribution is 2.30. The van der Waals surface area contributed by atoms with E-state index in [0.29, 0.717) is 67.1 Å². The highest BCUT2D eigenvalue weighted by Gasteiger charge is 2.40. The Morgan fingerprint density at radius 2 is 1.00 bits per heavy atom. The summed E-state index contributed by atoms with van der Waals surface area (Å²) in [4.78, 5) is 68.9. The number of carbonyl (C=O) groups is 2. The number of rotatable bonds is 18. The zero-order valence-electron chi connectivity index (χ0n) is 45.9. The van der Waals surface area contributed by atoms with Crippen molar-refractivity contribution in [1.82, 2.24) is 40.2 Å². The topological polar surface area (TPSA) is 247 Å². The van der Waals surface area contributed by atoms with Crippen LogP contribution < -0.4 is 32.8 Å². The Balaban J connectivity index is 0.000000224. The van der Waals surface area contributed by atoms with Crippen molar-refractivity contribution in [2.75, 3.05) is 116 Å². The molecule has 2 unspecified atom stereocenters. The second kappa shape index (κ2) is 26.5. The molecule has 418 valence electrons. The van der Waals surface area contributed by atoms with Gasteiger partial charge in [-0.3, -0.25) is 19.4 Å². The number of nitriles is 2. The first-order valence-electron chi connectivity index (χ1n) is 27.3. The lowest BCUT2D eigenvalue weighted by Gasteiger charge is -2.39. The van der Waals surface area contributed by atoms with E-state index in [0.717, 1.165) is 117 Å². The smallest absolute Gasteiger partial charge is 0.408 e. The lowest BCUT2D eigenvalue weighted by Crippen LogP contribution is -2.58. The molecular weight excluding hydrogens is 988 g/mol. The van der Waals surface area contributed by atoms with E-state index in [1.807, 2.05) is 6.07 Å². The van der Waals surface area contributed by atoms with Gasteiger partial charge in [-0.15, -0.1) is 0 Å². The van der Waals surface area contributed by atoms with Crippen LogP contribution in [0.2, 0.25) is 0 Å². The van der Waals surface area contributed by atoms with Crippen LogP contribution in [0.25, 0.3) is 21.9 Å². The molecule has 21 heteroatoms. The van der Waals surface area contributed by atoms with E-state index in [1.54, 1.807) is 18.2 Å². The van der Waals surface area contributed by atoms with Crippen LogP contribution in [-0.4, -0.2) is 170 Å². The summed E-state index contributed by atoms with van der Waals surface area (Å²) in [6.07, 6.45) is 4.65. The number of benzene rings is 2. The zero-order chi connectivity index (χ0) is 55.2. The second-order valence-corrected chi connectivity index (χ2v) is 23.3. The van der Waals surface area contributed by atoms with E-state index >= 15 is 0 Å². The van der Waals surface area contributed by atoms with Gasteiger partial charge in [-0.1, -0.05) is 53.7 Å². The third kappa shape index (κ3) is 17.5. The Labute approximate surface area is 451 Å². The van der Waals surface area contributed by atoms with Gasteiger partial charge in [0.05, 0.1) is 49.3 Å². The Bertz CT molecular complexity index is 2810. The van der Waals surface area contributed by atoms with Gasteiger partial charge < -0.3 is 49.4 Å². The van der Waals surface area contributed by atoms with Crippen LogP contribution in [0.4, 0.5) is 16.0 Å². The molecule has 2 aromatic heterocycles. The Morgan fingerprint density at radius 3 is 1.42 bits per heavy atom. The largest absolute Gasteiger partial charge is 0.441 e. The van der Waals surface area contributed by atoms with Gasteiger partial charge in [0.25, 0.3) is 0 Å². The lowest BCUT2D eigenvalue weighted by atomic mass is 9.86. The number of halogens is 1. The number of likely N-dealkylation sites (tertiary alicyclic amines) is 2. The van der Waals surface area contributed by atoms with E-state index in [9.17, 15) is 34.1 Å². The van der Waals surface area contributed by atoms with Crippen LogP contribution in [0.3, 0.4) is 0 Å². The van der Waals surface area contributed by atoms with E-state index < -0.39 is 40.5 Å². The number of aromatic nitrogens is 2. The Hall–Kier alpha value is -6.07. The molecule has 0 saturated carbocycles. The minimum atomic E-state index is -0.970. The standard InChI is InChI=1S/C28H39FN6O4.C28H40N6O4/c1-27(2,3)7-6-22(31-24-21-5-4-20(29)18-23(21)39-26(37)32-24)25(36)33-28(19-30)8-10-34(11-9-28)12-13-35-14-16-38-17-15-35;1-27(2,3)9-8-22(30-24-21-6-4-5-7-23(21)38-26(36)31-24)25(35)32-28(20-29)10-12-33(13-11-28)14-15-34-16-18-37-19-17-34/h4-5,18,22H,6-17H2,1-3H3,(H,33,36)(H,31,32,37);4-7,22H,8-19H2,1-3H3,(H,32,35)(H,30,31,36). The predicted octanol–water partition coefficient (Wildman–Crippen LogP) is 5.34. The van der Waals surface area contributed by atoms with Gasteiger partial charge in [-0.05, 0) is 86.5 Å². The molecule has 4 N–H and O–H groups in total.